The van der Waals surface area contributed by atoms with Gasteiger partial charge >= 0.3 is 0 Å². The van der Waals surface area contributed by atoms with Gasteiger partial charge in [0.25, 0.3) is 0 Å². The number of halogens is 1. The molecule has 1 aromatic rings. The van der Waals surface area contributed by atoms with Crippen molar-refractivity contribution in [3.05, 3.63) is 5.28 Å². The third kappa shape index (κ3) is 2.30. The summed E-state index contributed by atoms with van der Waals surface area (Å²) in [6, 6.07) is 0.273. The lowest BCUT2D eigenvalue weighted by Crippen LogP contribution is -2.52. The number of hydrogen-bond acceptors (Lipinski definition) is 6. The molecule has 0 saturated carbocycles. The molecule has 1 N–H and O–H groups in total. The van der Waals surface area contributed by atoms with E-state index in [1.165, 1.54) is 0 Å². The number of nitrogens with zero attached hydrogens (tertiary/aromatic N) is 5. The van der Waals surface area contributed by atoms with Gasteiger partial charge in [-0.3, -0.25) is 4.79 Å². The van der Waals surface area contributed by atoms with Gasteiger partial charge in [-0.1, -0.05) is 0 Å². The maximum absolute atomic E-state index is 11.6. The first-order valence-corrected chi connectivity index (χ1v) is 6.69. The maximum Gasteiger partial charge on any atom is 0.231 e. The predicted molar refractivity (Wildman–Crippen MR) is 71.3 cm³/mol. The average Bonchev–Trinajstić information content (AvgIpc) is 2.79. The van der Waals surface area contributed by atoms with Crippen molar-refractivity contribution in [3.8, 4) is 0 Å². The number of carbonyl (C=O) groups is 1. The Bertz CT molecular complexity index is 510. The molecule has 3 rings (SSSR count). The van der Waals surface area contributed by atoms with Crippen LogP contribution in [-0.2, 0) is 4.79 Å². The first-order chi connectivity index (χ1) is 9.17. The number of carbonyl (C=O) groups excluding carboxylic acids is 1. The number of fused-ring (bicyclic) bond motifs is 1. The van der Waals surface area contributed by atoms with Crippen LogP contribution in [0.2, 0.25) is 5.28 Å². The molecule has 7 nitrogen and oxygen atoms in total. The summed E-state index contributed by atoms with van der Waals surface area (Å²) >= 11 is 5.89. The fourth-order valence-corrected chi connectivity index (χ4v) is 2.79. The zero-order valence-corrected chi connectivity index (χ0v) is 11.4. The average molecular weight is 283 g/mol. The zero-order valence-electron chi connectivity index (χ0n) is 10.6. The topological polar surface area (TPSA) is 74.2 Å². The number of aromatic nitrogens is 3. The van der Waals surface area contributed by atoms with Gasteiger partial charge in [0.1, 0.15) is 0 Å². The second kappa shape index (κ2) is 4.80. The summed E-state index contributed by atoms with van der Waals surface area (Å²) < 4.78 is 0. The molecule has 3 heterocycles. The molecular formula is C11H15ClN6O. The van der Waals surface area contributed by atoms with Gasteiger partial charge in [-0.05, 0) is 18.0 Å². The van der Waals surface area contributed by atoms with E-state index in [0.29, 0.717) is 18.3 Å². The molecule has 19 heavy (non-hydrogen) atoms. The Morgan fingerprint density at radius 3 is 2.95 bits per heavy atom. The fraction of sp³-hybridized carbons (Fsp3) is 0.636. The molecule has 2 aliphatic heterocycles. The third-order valence-electron chi connectivity index (χ3n) is 3.60. The number of rotatable bonds is 2. The highest BCUT2D eigenvalue weighted by atomic mass is 35.5. The minimum Gasteiger partial charge on any atom is -0.357 e. The Hall–Kier alpha value is -1.63. The van der Waals surface area contributed by atoms with Crippen molar-refractivity contribution in [1.29, 1.82) is 0 Å². The predicted octanol–water partition coefficient (Wildman–Crippen LogP) is 0.378. The molecule has 1 atom stereocenters. The largest absolute Gasteiger partial charge is 0.357 e. The van der Waals surface area contributed by atoms with Gasteiger partial charge in [-0.2, -0.15) is 15.0 Å². The summed E-state index contributed by atoms with van der Waals surface area (Å²) in [4.78, 5) is 28.1. The molecule has 0 aromatic carbocycles. The van der Waals surface area contributed by atoms with Crippen molar-refractivity contribution < 1.29 is 4.79 Å². The van der Waals surface area contributed by atoms with Crippen LogP contribution in [0.15, 0.2) is 0 Å². The minimum atomic E-state index is 0.180. The Labute approximate surface area is 116 Å². The zero-order chi connectivity index (χ0) is 13.4. The maximum atomic E-state index is 11.6. The monoisotopic (exact) mass is 282 g/mol. The normalized spacial score (nSPS) is 22.6. The van der Waals surface area contributed by atoms with Crippen molar-refractivity contribution in [2.45, 2.75) is 18.9 Å². The van der Waals surface area contributed by atoms with Crippen LogP contribution in [0.1, 0.15) is 12.8 Å². The van der Waals surface area contributed by atoms with Crippen molar-refractivity contribution in [1.82, 2.24) is 19.9 Å². The lowest BCUT2D eigenvalue weighted by atomic mass is 10.2. The van der Waals surface area contributed by atoms with Crippen molar-refractivity contribution in [2.75, 3.05) is 36.9 Å². The van der Waals surface area contributed by atoms with Gasteiger partial charge in [0.15, 0.2) is 0 Å². The van der Waals surface area contributed by atoms with Gasteiger partial charge in [-0.15, -0.1) is 0 Å². The van der Waals surface area contributed by atoms with Crippen LogP contribution < -0.4 is 10.2 Å². The molecule has 0 spiro atoms. The van der Waals surface area contributed by atoms with Gasteiger partial charge in [0, 0.05) is 39.1 Å². The van der Waals surface area contributed by atoms with E-state index in [2.05, 4.69) is 25.2 Å². The molecule has 1 unspecified atom stereocenters. The Balaban J connectivity index is 1.80. The molecule has 1 amide bonds. The van der Waals surface area contributed by atoms with Crippen LogP contribution in [0, 0.1) is 0 Å². The summed E-state index contributed by atoms with van der Waals surface area (Å²) in [6.07, 6.45) is 1.56. The molecule has 1 aromatic heterocycles. The summed E-state index contributed by atoms with van der Waals surface area (Å²) in [7, 11) is 1.74. The van der Waals surface area contributed by atoms with E-state index in [1.807, 2.05) is 4.90 Å². The molecule has 8 heteroatoms. The lowest BCUT2D eigenvalue weighted by molar-refractivity contribution is -0.129. The van der Waals surface area contributed by atoms with Crippen LogP contribution in [0.3, 0.4) is 0 Å². The Morgan fingerprint density at radius 1 is 1.32 bits per heavy atom. The first-order valence-electron chi connectivity index (χ1n) is 6.31. The van der Waals surface area contributed by atoms with Crippen molar-refractivity contribution >= 4 is 29.4 Å². The van der Waals surface area contributed by atoms with Crippen LogP contribution in [-0.4, -0.2) is 58.5 Å². The molecule has 0 radical (unpaired) electrons. The van der Waals surface area contributed by atoms with E-state index in [-0.39, 0.29) is 17.2 Å². The Kier molecular flexibility index (Phi) is 3.14. The van der Waals surface area contributed by atoms with Crippen molar-refractivity contribution in [3.63, 3.8) is 0 Å². The van der Waals surface area contributed by atoms with E-state index in [0.717, 1.165) is 26.1 Å². The summed E-state index contributed by atoms with van der Waals surface area (Å²) in [5, 5.41) is 3.04. The van der Waals surface area contributed by atoms with Crippen LogP contribution in [0.4, 0.5) is 11.9 Å². The van der Waals surface area contributed by atoms with Gasteiger partial charge in [0.2, 0.25) is 23.1 Å². The number of anilines is 2. The molecule has 2 aliphatic rings. The second-order valence-corrected chi connectivity index (χ2v) is 5.04. The summed E-state index contributed by atoms with van der Waals surface area (Å²) in [5.74, 6) is 1.29. The van der Waals surface area contributed by atoms with E-state index in [9.17, 15) is 4.79 Å². The number of nitrogens with one attached hydrogen (secondary N) is 1. The van der Waals surface area contributed by atoms with E-state index < -0.39 is 0 Å². The van der Waals surface area contributed by atoms with Crippen LogP contribution in [0.5, 0.6) is 0 Å². The fourth-order valence-electron chi connectivity index (χ4n) is 2.64. The molecule has 102 valence electrons. The van der Waals surface area contributed by atoms with Gasteiger partial charge in [-0.25, -0.2) is 0 Å². The SMILES string of the molecule is CNc1nc(Cl)nc(N2CCN3C(=O)CCC3C2)n1. The van der Waals surface area contributed by atoms with Gasteiger partial charge < -0.3 is 15.1 Å². The highest BCUT2D eigenvalue weighted by Crippen LogP contribution is 2.25. The van der Waals surface area contributed by atoms with Crippen molar-refractivity contribution in [2.24, 2.45) is 0 Å². The lowest BCUT2D eigenvalue weighted by Gasteiger charge is -2.37. The quantitative estimate of drug-likeness (QED) is 0.845. The smallest absolute Gasteiger partial charge is 0.231 e. The highest BCUT2D eigenvalue weighted by Gasteiger charge is 2.36. The molecular weight excluding hydrogens is 268 g/mol. The number of hydrogen-bond donors (Lipinski definition) is 1. The van der Waals surface area contributed by atoms with Crippen LogP contribution in [0.25, 0.3) is 0 Å². The molecule has 2 fully saturated rings. The third-order valence-corrected chi connectivity index (χ3v) is 3.77. The second-order valence-electron chi connectivity index (χ2n) is 4.70. The molecule has 2 saturated heterocycles. The van der Waals surface area contributed by atoms with Gasteiger partial charge in [0.05, 0.1) is 0 Å². The molecule has 0 aliphatic carbocycles. The number of amides is 1. The highest BCUT2D eigenvalue weighted by molar-refractivity contribution is 6.28. The Morgan fingerprint density at radius 2 is 2.16 bits per heavy atom. The standard InChI is InChI=1S/C11H15ClN6O/c1-13-10-14-9(12)15-11(16-10)17-4-5-18-7(6-17)2-3-8(18)19/h7H,2-6H2,1H3,(H,13,14,15,16). The van der Waals surface area contributed by atoms with E-state index in [1.54, 1.807) is 7.05 Å². The van der Waals surface area contributed by atoms with E-state index >= 15 is 0 Å². The summed E-state index contributed by atoms with van der Waals surface area (Å²) in [5.41, 5.74) is 0. The minimum absolute atomic E-state index is 0.180. The molecule has 0 bridgehead atoms. The summed E-state index contributed by atoms with van der Waals surface area (Å²) in [6.45, 7) is 2.21. The number of piperazine rings is 1. The first kappa shape index (κ1) is 12.4. The van der Waals surface area contributed by atoms with Crippen LogP contribution >= 0.6 is 11.6 Å². The van der Waals surface area contributed by atoms with E-state index in [4.69, 9.17) is 11.6 Å².